The van der Waals surface area contributed by atoms with Crippen LogP contribution in [0.1, 0.15) is 36.8 Å². The van der Waals surface area contributed by atoms with Crippen LogP contribution in [0.2, 0.25) is 0 Å². The molecule has 0 spiro atoms. The average Bonchev–Trinajstić information content (AvgIpc) is 2.66. The van der Waals surface area contributed by atoms with Gasteiger partial charge in [0.2, 0.25) is 5.91 Å². The molecule has 2 atom stereocenters. The first-order valence-electron chi connectivity index (χ1n) is 9.40. The van der Waals surface area contributed by atoms with Crippen molar-refractivity contribution in [2.45, 2.75) is 44.4 Å². The molecule has 1 aromatic carbocycles. The molecule has 1 amide bonds. The zero-order valence-corrected chi connectivity index (χ0v) is 15.2. The summed E-state index contributed by atoms with van der Waals surface area (Å²) in [6, 6.07) is 4.30. The molecule has 1 aliphatic carbocycles. The molecular weight excluding hydrogens is 359 g/mol. The minimum atomic E-state index is -4.48. The second kappa shape index (κ2) is 8.48. The van der Waals surface area contributed by atoms with Gasteiger partial charge in [0.15, 0.2) is 0 Å². The molecule has 2 fully saturated rings. The van der Waals surface area contributed by atoms with Gasteiger partial charge in [-0.15, -0.1) is 0 Å². The number of carbonyl (C=O) groups excluding carboxylic acids is 1. The number of rotatable bonds is 4. The van der Waals surface area contributed by atoms with Crippen molar-refractivity contribution in [2.75, 3.05) is 31.2 Å². The smallest absolute Gasteiger partial charge is 0.378 e. The highest BCUT2D eigenvalue weighted by Crippen LogP contribution is 2.35. The number of hydrogen-bond donors (Lipinski definition) is 2. The molecular formula is C19H26F3N3O2. The van der Waals surface area contributed by atoms with E-state index in [9.17, 15) is 18.0 Å². The fourth-order valence-corrected chi connectivity index (χ4v) is 3.79. The van der Waals surface area contributed by atoms with Gasteiger partial charge in [0.1, 0.15) is 0 Å². The molecule has 1 aromatic rings. The SMILES string of the molecule is N[C@@H]1CCC[C@H](C(=O)NCc2ccc(N3CCOCC3)cc2C(F)(F)F)C1. The Labute approximate surface area is 157 Å². The van der Waals surface area contributed by atoms with Crippen LogP contribution in [0.25, 0.3) is 0 Å². The second-order valence-corrected chi connectivity index (χ2v) is 7.28. The largest absolute Gasteiger partial charge is 0.416 e. The van der Waals surface area contributed by atoms with Gasteiger partial charge in [-0.3, -0.25) is 4.79 Å². The number of nitrogens with two attached hydrogens (primary N) is 1. The van der Waals surface area contributed by atoms with E-state index in [2.05, 4.69) is 5.32 Å². The number of halogens is 3. The lowest BCUT2D eigenvalue weighted by atomic mass is 9.85. The van der Waals surface area contributed by atoms with Crippen molar-refractivity contribution in [1.29, 1.82) is 0 Å². The minimum Gasteiger partial charge on any atom is -0.378 e. The number of anilines is 1. The van der Waals surface area contributed by atoms with Gasteiger partial charge in [0.05, 0.1) is 18.8 Å². The van der Waals surface area contributed by atoms with Crippen molar-refractivity contribution in [3.8, 4) is 0 Å². The average molecular weight is 385 g/mol. The Hall–Kier alpha value is -1.80. The monoisotopic (exact) mass is 385 g/mol. The Morgan fingerprint density at radius 2 is 2.00 bits per heavy atom. The van der Waals surface area contributed by atoms with E-state index < -0.39 is 11.7 Å². The van der Waals surface area contributed by atoms with E-state index in [4.69, 9.17) is 10.5 Å². The molecule has 150 valence electrons. The summed E-state index contributed by atoms with van der Waals surface area (Å²) in [7, 11) is 0. The molecule has 1 saturated heterocycles. The van der Waals surface area contributed by atoms with Crippen LogP contribution in [0.15, 0.2) is 18.2 Å². The predicted octanol–water partition coefficient (Wildman–Crippen LogP) is 2.68. The number of alkyl halides is 3. The first-order valence-corrected chi connectivity index (χ1v) is 9.40. The normalized spacial score (nSPS) is 23.9. The van der Waals surface area contributed by atoms with Crippen molar-refractivity contribution in [3.63, 3.8) is 0 Å². The maximum Gasteiger partial charge on any atom is 0.416 e. The number of morpholine rings is 1. The van der Waals surface area contributed by atoms with E-state index in [1.54, 1.807) is 6.07 Å². The molecule has 1 heterocycles. The molecule has 1 saturated carbocycles. The standard InChI is InChI=1S/C19H26F3N3O2/c20-19(21,22)17-11-16(25-6-8-27-9-7-25)5-4-14(17)12-24-18(26)13-2-1-3-15(23)10-13/h4-5,11,13,15H,1-3,6-10,12,23H2,(H,24,26)/t13-,15+/m0/s1. The van der Waals surface area contributed by atoms with Crippen LogP contribution in [-0.2, 0) is 22.3 Å². The molecule has 27 heavy (non-hydrogen) atoms. The van der Waals surface area contributed by atoms with Gasteiger partial charge in [0, 0.05) is 37.3 Å². The van der Waals surface area contributed by atoms with Crippen molar-refractivity contribution in [1.82, 2.24) is 5.32 Å². The van der Waals surface area contributed by atoms with Crippen LogP contribution in [0.4, 0.5) is 18.9 Å². The van der Waals surface area contributed by atoms with Crippen molar-refractivity contribution < 1.29 is 22.7 Å². The van der Waals surface area contributed by atoms with E-state index in [-0.39, 0.29) is 30.0 Å². The maximum absolute atomic E-state index is 13.6. The molecule has 0 unspecified atom stereocenters. The van der Waals surface area contributed by atoms with Gasteiger partial charge < -0.3 is 20.7 Å². The summed E-state index contributed by atoms with van der Waals surface area (Å²) in [5.41, 5.74) is 5.80. The lowest BCUT2D eigenvalue weighted by Crippen LogP contribution is -2.38. The predicted molar refractivity (Wildman–Crippen MR) is 96.3 cm³/mol. The molecule has 0 radical (unpaired) electrons. The Kier molecular flexibility index (Phi) is 6.26. The molecule has 3 rings (SSSR count). The topological polar surface area (TPSA) is 67.6 Å². The van der Waals surface area contributed by atoms with Crippen LogP contribution in [0.5, 0.6) is 0 Å². The first-order chi connectivity index (χ1) is 12.8. The van der Waals surface area contributed by atoms with Crippen LogP contribution in [-0.4, -0.2) is 38.3 Å². The van der Waals surface area contributed by atoms with Gasteiger partial charge in [-0.1, -0.05) is 12.5 Å². The molecule has 1 aliphatic heterocycles. The van der Waals surface area contributed by atoms with Gasteiger partial charge in [0.25, 0.3) is 0 Å². The van der Waals surface area contributed by atoms with Crippen molar-refractivity contribution >= 4 is 11.6 Å². The van der Waals surface area contributed by atoms with Crippen LogP contribution in [0.3, 0.4) is 0 Å². The Morgan fingerprint density at radius 3 is 2.67 bits per heavy atom. The number of nitrogens with zero attached hydrogens (tertiary/aromatic N) is 1. The molecule has 0 bridgehead atoms. The highest BCUT2D eigenvalue weighted by Gasteiger charge is 2.34. The molecule has 0 aromatic heterocycles. The fraction of sp³-hybridized carbons (Fsp3) is 0.632. The number of ether oxygens (including phenoxy) is 1. The molecule has 5 nitrogen and oxygen atoms in total. The molecule has 2 aliphatic rings. The highest BCUT2D eigenvalue weighted by atomic mass is 19.4. The third kappa shape index (κ3) is 5.13. The lowest BCUT2D eigenvalue weighted by molar-refractivity contribution is -0.138. The Bertz CT molecular complexity index is 660. The summed E-state index contributed by atoms with van der Waals surface area (Å²) in [5.74, 6) is -0.425. The van der Waals surface area contributed by atoms with Gasteiger partial charge in [-0.05, 0) is 37.0 Å². The van der Waals surface area contributed by atoms with Gasteiger partial charge in [-0.25, -0.2) is 0 Å². The summed E-state index contributed by atoms with van der Waals surface area (Å²) in [6.45, 7) is 2.00. The summed E-state index contributed by atoms with van der Waals surface area (Å²) >= 11 is 0. The summed E-state index contributed by atoms with van der Waals surface area (Å²) in [4.78, 5) is 14.2. The maximum atomic E-state index is 13.6. The minimum absolute atomic E-state index is 0.00644. The summed E-state index contributed by atoms with van der Waals surface area (Å²) in [6.07, 6.45) is -1.38. The van der Waals surface area contributed by atoms with Crippen molar-refractivity contribution in [2.24, 2.45) is 11.7 Å². The number of nitrogens with one attached hydrogen (secondary N) is 1. The molecule has 3 N–H and O–H groups in total. The number of hydrogen-bond acceptors (Lipinski definition) is 4. The lowest BCUT2D eigenvalue weighted by Gasteiger charge is -2.30. The highest BCUT2D eigenvalue weighted by molar-refractivity contribution is 5.78. The zero-order valence-electron chi connectivity index (χ0n) is 15.2. The number of benzene rings is 1. The van der Waals surface area contributed by atoms with Crippen molar-refractivity contribution in [3.05, 3.63) is 29.3 Å². The third-order valence-corrected chi connectivity index (χ3v) is 5.31. The summed E-state index contributed by atoms with van der Waals surface area (Å²) < 4.78 is 45.9. The number of carbonyl (C=O) groups is 1. The van der Waals surface area contributed by atoms with Crippen LogP contribution in [0, 0.1) is 5.92 Å². The van der Waals surface area contributed by atoms with E-state index in [0.29, 0.717) is 38.4 Å². The van der Waals surface area contributed by atoms with Crippen LogP contribution >= 0.6 is 0 Å². The third-order valence-electron chi connectivity index (χ3n) is 5.31. The molecule has 8 heteroatoms. The summed E-state index contributed by atoms with van der Waals surface area (Å²) in [5, 5.41) is 2.67. The second-order valence-electron chi connectivity index (χ2n) is 7.28. The van der Waals surface area contributed by atoms with E-state index >= 15 is 0 Å². The number of amides is 1. The zero-order chi connectivity index (χ0) is 19.4. The first kappa shape index (κ1) is 19.9. The Morgan fingerprint density at radius 1 is 1.26 bits per heavy atom. The van der Waals surface area contributed by atoms with E-state index in [1.165, 1.54) is 12.1 Å². The Balaban J connectivity index is 1.71. The van der Waals surface area contributed by atoms with Gasteiger partial charge in [-0.2, -0.15) is 13.2 Å². The van der Waals surface area contributed by atoms with Crippen LogP contribution < -0.4 is 16.0 Å². The van der Waals surface area contributed by atoms with Gasteiger partial charge >= 0.3 is 6.18 Å². The fourth-order valence-electron chi connectivity index (χ4n) is 3.79. The van der Waals surface area contributed by atoms with E-state index in [0.717, 1.165) is 19.3 Å². The van der Waals surface area contributed by atoms with E-state index in [1.807, 2.05) is 4.90 Å². The quantitative estimate of drug-likeness (QED) is 0.836.